The number of carbonyl (C=O) groups is 1. The first-order chi connectivity index (χ1) is 3.13. The van der Waals surface area contributed by atoms with Crippen molar-refractivity contribution in [3.8, 4) is 0 Å². The van der Waals surface area contributed by atoms with Crippen LogP contribution in [-0.4, -0.2) is 5.78 Å². The molecule has 0 aromatic heterocycles. The Morgan fingerprint density at radius 1 is 1.25 bits per heavy atom. The van der Waals surface area contributed by atoms with Crippen LogP contribution in [-0.2, 0) is 4.79 Å². The summed E-state index contributed by atoms with van der Waals surface area (Å²) in [6.45, 7) is 5.36. The fourth-order valence-corrected chi connectivity index (χ4v) is 0.407. The molecule has 0 N–H and O–H groups in total. The molecule has 0 aliphatic carbocycles. The molecule has 0 rings (SSSR count). The van der Waals surface area contributed by atoms with Crippen molar-refractivity contribution in [3.05, 3.63) is 11.6 Å². The summed E-state index contributed by atoms with van der Waals surface area (Å²) < 4.78 is 0. The van der Waals surface area contributed by atoms with E-state index in [9.17, 15) is 4.79 Å². The highest BCUT2D eigenvalue weighted by Gasteiger charge is 1.80. The SMILES string of the molecule is Br.CC(=O)C=C(C)C. The molecule has 0 atom stereocenters. The average molecular weight is 179 g/mol. The number of carbonyl (C=O) groups excluding carboxylic acids is 1. The highest BCUT2D eigenvalue weighted by atomic mass is 79.9. The lowest BCUT2D eigenvalue weighted by atomic mass is 10.3. The quantitative estimate of drug-likeness (QED) is 0.563. The number of ketones is 1. The molecule has 0 unspecified atom stereocenters. The molecule has 0 bridgehead atoms. The summed E-state index contributed by atoms with van der Waals surface area (Å²) in [4.78, 5) is 10.2. The fraction of sp³-hybridized carbons (Fsp3) is 0.500. The van der Waals surface area contributed by atoms with Gasteiger partial charge in [0.05, 0.1) is 0 Å². The molecular weight excluding hydrogens is 168 g/mol. The lowest BCUT2D eigenvalue weighted by Crippen LogP contribution is -1.80. The van der Waals surface area contributed by atoms with Gasteiger partial charge in [-0.2, -0.15) is 0 Å². The molecule has 0 fully saturated rings. The lowest BCUT2D eigenvalue weighted by Gasteiger charge is -1.80. The molecule has 1 nitrogen and oxygen atoms in total. The Hall–Kier alpha value is -0.110. The van der Waals surface area contributed by atoms with Gasteiger partial charge in [-0.3, -0.25) is 4.79 Å². The van der Waals surface area contributed by atoms with E-state index >= 15 is 0 Å². The van der Waals surface area contributed by atoms with Crippen molar-refractivity contribution in [1.29, 1.82) is 0 Å². The second-order valence-corrected chi connectivity index (χ2v) is 1.83. The molecule has 0 saturated carbocycles. The molecule has 0 radical (unpaired) electrons. The van der Waals surface area contributed by atoms with Crippen LogP contribution in [0.5, 0.6) is 0 Å². The van der Waals surface area contributed by atoms with Gasteiger partial charge in [0.25, 0.3) is 0 Å². The molecule has 0 aromatic carbocycles. The van der Waals surface area contributed by atoms with Gasteiger partial charge in [0, 0.05) is 0 Å². The summed E-state index contributed by atoms with van der Waals surface area (Å²) in [5.41, 5.74) is 1.06. The van der Waals surface area contributed by atoms with Crippen LogP contribution in [0.2, 0.25) is 0 Å². The Morgan fingerprint density at radius 2 is 1.62 bits per heavy atom. The third kappa shape index (κ3) is 9.31. The second kappa shape index (κ2) is 5.04. The summed E-state index contributed by atoms with van der Waals surface area (Å²) in [5.74, 6) is 0.125. The summed E-state index contributed by atoms with van der Waals surface area (Å²) in [6, 6.07) is 0. The zero-order valence-electron chi connectivity index (χ0n) is 5.39. The molecule has 0 heterocycles. The maximum atomic E-state index is 10.2. The van der Waals surface area contributed by atoms with Crippen LogP contribution in [0.1, 0.15) is 20.8 Å². The van der Waals surface area contributed by atoms with E-state index < -0.39 is 0 Å². The van der Waals surface area contributed by atoms with Gasteiger partial charge >= 0.3 is 0 Å². The second-order valence-electron chi connectivity index (χ2n) is 1.83. The monoisotopic (exact) mass is 178 g/mol. The average Bonchev–Trinajstić information content (AvgIpc) is 1.27. The van der Waals surface area contributed by atoms with Gasteiger partial charge in [0.1, 0.15) is 0 Å². The molecule has 48 valence electrons. The van der Waals surface area contributed by atoms with Crippen LogP contribution in [0.25, 0.3) is 0 Å². The van der Waals surface area contributed by atoms with E-state index in [4.69, 9.17) is 0 Å². The molecule has 0 aliphatic heterocycles. The normalized spacial score (nSPS) is 6.88. The van der Waals surface area contributed by atoms with E-state index in [1.807, 2.05) is 13.8 Å². The number of rotatable bonds is 1. The maximum absolute atomic E-state index is 10.2. The van der Waals surface area contributed by atoms with Crippen LogP contribution < -0.4 is 0 Å². The highest BCUT2D eigenvalue weighted by molar-refractivity contribution is 8.93. The van der Waals surface area contributed by atoms with Gasteiger partial charge in [-0.25, -0.2) is 0 Å². The van der Waals surface area contributed by atoms with Gasteiger partial charge in [0.2, 0.25) is 0 Å². The third-order valence-electron chi connectivity index (χ3n) is 0.492. The maximum Gasteiger partial charge on any atom is 0.152 e. The van der Waals surface area contributed by atoms with Gasteiger partial charge in [-0.1, -0.05) is 5.57 Å². The topological polar surface area (TPSA) is 17.1 Å². The van der Waals surface area contributed by atoms with Crippen molar-refractivity contribution in [2.24, 2.45) is 0 Å². The zero-order chi connectivity index (χ0) is 5.86. The Balaban J connectivity index is 0. The molecule has 0 aromatic rings. The number of halogens is 1. The van der Waals surface area contributed by atoms with Crippen molar-refractivity contribution in [2.45, 2.75) is 20.8 Å². The number of hydrogen-bond acceptors (Lipinski definition) is 1. The van der Waals surface area contributed by atoms with E-state index in [-0.39, 0.29) is 22.8 Å². The van der Waals surface area contributed by atoms with Crippen LogP contribution in [0.4, 0.5) is 0 Å². The molecule has 8 heavy (non-hydrogen) atoms. The van der Waals surface area contributed by atoms with E-state index in [1.165, 1.54) is 0 Å². The van der Waals surface area contributed by atoms with Crippen LogP contribution in [0.3, 0.4) is 0 Å². The van der Waals surface area contributed by atoms with Crippen LogP contribution in [0.15, 0.2) is 11.6 Å². The molecule has 0 saturated heterocycles. The smallest absolute Gasteiger partial charge is 0.152 e. The molecular formula is C6H11BrO. The van der Waals surface area contributed by atoms with Crippen molar-refractivity contribution < 1.29 is 4.79 Å². The predicted molar refractivity (Wildman–Crippen MR) is 40.4 cm³/mol. The minimum absolute atomic E-state index is 0. The van der Waals surface area contributed by atoms with E-state index in [2.05, 4.69) is 0 Å². The first-order valence-corrected chi connectivity index (χ1v) is 2.28. The summed E-state index contributed by atoms with van der Waals surface area (Å²) in [5, 5.41) is 0. The predicted octanol–water partition coefficient (Wildman–Crippen LogP) is 2.12. The first-order valence-electron chi connectivity index (χ1n) is 2.28. The van der Waals surface area contributed by atoms with Crippen molar-refractivity contribution >= 4 is 22.8 Å². The largest absolute Gasteiger partial charge is 0.295 e. The Kier molecular flexibility index (Phi) is 6.80. The minimum atomic E-state index is 0. The van der Waals surface area contributed by atoms with E-state index in [0.29, 0.717) is 0 Å². The van der Waals surface area contributed by atoms with E-state index in [1.54, 1.807) is 13.0 Å². The molecule has 2 heteroatoms. The molecule has 0 amide bonds. The number of allylic oxidation sites excluding steroid dienone is 2. The summed E-state index contributed by atoms with van der Waals surface area (Å²) in [7, 11) is 0. The van der Waals surface area contributed by atoms with Crippen molar-refractivity contribution in [2.75, 3.05) is 0 Å². The first kappa shape index (κ1) is 10.8. The van der Waals surface area contributed by atoms with Crippen LogP contribution in [0, 0.1) is 0 Å². The standard InChI is InChI=1S/C6H10O.BrH/c1-5(2)4-6(3)7;/h4H,1-3H3;1H. The highest BCUT2D eigenvalue weighted by Crippen LogP contribution is 1.86. The molecule has 0 aliphatic rings. The Bertz CT molecular complexity index is 101. The summed E-state index contributed by atoms with van der Waals surface area (Å²) >= 11 is 0. The third-order valence-corrected chi connectivity index (χ3v) is 0.492. The van der Waals surface area contributed by atoms with Crippen molar-refractivity contribution in [3.63, 3.8) is 0 Å². The molecule has 0 spiro atoms. The van der Waals surface area contributed by atoms with Crippen LogP contribution >= 0.6 is 17.0 Å². The minimum Gasteiger partial charge on any atom is -0.295 e. The van der Waals surface area contributed by atoms with Gasteiger partial charge < -0.3 is 0 Å². The Morgan fingerprint density at radius 3 is 1.62 bits per heavy atom. The van der Waals surface area contributed by atoms with Crippen molar-refractivity contribution in [1.82, 2.24) is 0 Å². The summed E-state index contributed by atoms with van der Waals surface area (Å²) in [6.07, 6.45) is 1.61. The number of hydrogen-bond donors (Lipinski definition) is 0. The lowest BCUT2D eigenvalue weighted by molar-refractivity contribution is -0.112. The van der Waals surface area contributed by atoms with Gasteiger partial charge in [0.15, 0.2) is 5.78 Å². The zero-order valence-corrected chi connectivity index (χ0v) is 7.11. The van der Waals surface area contributed by atoms with E-state index in [0.717, 1.165) is 5.57 Å². The van der Waals surface area contributed by atoms with Gasteiger partial charge in [-0.15, -0.1) is 17.0 Å². The fourth-order valence-electron chi connectivity index (χ4n) is 0.407. The van der Waals surface area contributed by atoms with Gasteiger partial charge in [-0.05, 0) is 26.8 Å². The Labute approximate surface area is 60.5 Å².